The number of nitrogens with one attached hydrogen (secondary N) is 2. The van der Waals surface area contributed by atoms with Crippen molar-refractivity contribution in [3.63, 3.8) is 0 Å². The van der Waals surface area contributed by atoms with Gasteiger partial charge in [0.25, 0.3) is 0 Å². The third-order valence-electron chi connectivity index (χ3n) is 2.50. The Bertz CT molecular complexity index is 366. The van der Waals surface area contributed by atoms with Crippen molar-refractivity contribution < 1.29 is 9.53 Å². The van der Waals surface area contributed by atoms with Crippen molar-refractivity contribution in [2.24, 2.45) is 11.3 Å². The van der Waals surface area contributed by atoms with Gasteiger partial charge in [-0.05, 0) is 11.0 Å². The molecule has 1 amide bonds. The molecule has 0 bridgehead atoms. The molecule has 1 aromatic rings. The van der Waals surface area contributed by atoms with Crippen LogP contribution in [0.3, 0.4) is 0 Å². The lowest BCUT2D eigenvalue weighted by Crippen LogP contribution is -2.42. The molecule has 4 N–H and O–H groups in total. The summed E-state index contributed by atoms with van der Waals surface area (Å²) in [6.45, 7) is 5.41. The number of amides is 1. The molecule has 5 heteroatoms. The topological polar surface area (TPSA) is 76.4 Å². The third kappa shape index (κ3) is 5.65. The van der Waals surface area contributed by atoms with Crippen LogP contribution in [0.15, 0.2) is 30.3 Å². The molecule has 5 nitrogen and oxygen atoms in total. The van der Waals surface area contributed by atoms with Crippen molar-refractivity contribution in [3.8, 4) is 0 Å². The molecule has 0 radical (unpaired) electrons. The monoisotopic (exact) mass is 251 g/mol. The maximum Gasteiger partial charge on any atom is 0.407 e. The zero-order valence-electron chi connectivity index (χ0n) is 10.9. The summed E-state index contributed by atoms with van der Waals surface area (Å²) in [5, 5.41) is 2.72. The van der Waals surface area contributed by atoms with Crippen LogP contribution in [0, 0.1) is 5.41 Å². The zero-order valence-corrected chi connectivity index (χ0v) is 10.9. The molecular weight excluding hydrogens is 230 g/mol. The van der Waals surface area contributed by atoms with Crippen molar-refractivity contribution in [3.05, 3.63) is 35.9 Å². The molecule has 0 spiro atoms. The van der Waals surface area contributed by atoms with Gasteiger partial charge in [-0.2, -0.15) is 0 Å². The Labute approximate surface area is 108 Å². The van der Waals surface area contributed by atoms with Crippen LogP contribution in [0.5, 0.6) is 0 Å². The number of carbonyl (C=O) groups excluding carboxylic acids is 1. The van der Waals surface area contributed by atoms with Crippen LogP contribution < -0.4 is 16.6 Å². The summed E-state index contributed by atoms with van der Waals surface area (Å²) in [5.74, 6) is 5.26. The van der Waals surface area contributed by atoms with E-state index in [1.54, 1.807) is 0 Å². The van der Waals surface area contributed by atoms with Crippen LogP contribution >= 0.6 is 0 Å². The molecule has 18 heavy (non-hydrogen) atoms. The van der Waals surface area contributed by atoms with Gasteiger partial charge in [0.2, 0.25) is 0 Å². The predicted molar refractivity (Wildman–Crippen MR) is 70.6 cm³/mol. The number of hydrazine groups is 1. The van der Waals surface area contributed by atoms with Crippen LogP contribution in [-0.4, -0.2) is 19.2 Å². The van der Waals surface area contributed by atoms with E-state index in [1.165, 1.54) is 0 Å². The second kappa shape index (κ2) is 6.98. The fraction of sp³-hybridized carbons (Fsp3) is 0.462. The van der Waals surface area contributed by atoms with E-state index in [9.17, 15) is 4.79 Å². The van der Waals surface area contributed by atoms with Gasteiger partial charge in [0.15, 0.2) is 0 Å². The molecule has 0 aliphatic rings. The number of benzene rings is 1. The van der Waals surface area contributed by atoms with Crippen LogP contribution in [0.4, 0.5) is 4.79 Å². The fourth-order valence-electron chi connectivity index (χ4n) is 1.42. The van der Waals surface area contributed by atoms with Crippen molar-refractivity contribution in [2.75, 3.05) is 13.1 Å². The molecule has 0 aromatic heterocycles. The van der Waals surface area contributed by atoms with Gasteiger partial charge in [-0.15, -0.1) is 0 Å². The Hall–Kier alpha value is -1.59. The maximum atomic E-state index is 11.5. The summed E-state index contributed by atoms with van der Waals surface area (Å²) in [7, 11) is 0. The number of carbonyl (C=O) groups is 1. The fourth-order valence-corrected chi connectivity index (χ4v) is 1.42. The van der Waals surface area contributed by atoms with E-state index < -0.39 is 6.09 Å². The Kier molecular flexibility index (Phi) is 5.61. The Morgan fingerprint density at radius 3 is 2.56 bits per heavy atom. The van der Waals surface area contributed by atoms with Gasteiger partial charge in [0.05, 0.1) is 0 Å². The summed E-state index contributed by atoms with van der Waals surface area (Å²) in [4.78, 5) is 11.5. The van der Waals surface area contributed by atoms with Crippen LogP contribution in [-0.2, 0) is 11.3 Å². The summed E-state index contributed by atoms with van der Waals surface area (Å²) in [6, 6.07) is 9.57. The number of hydrogen-bond donors (Lipinski definition) is 3. The van der Waals surface area contributed by atoms with Gasteiger partial charge in [-0.25, -0.2) is 4.79 Å². The maximum absolute atomic E-state index is 11.5. The number of hydrogen-bond acceptors (Lipinski definition) is 4. The summed E-state index contributed by atoms with van der Waals surface area (Å²) in [6.07, 6.45) is -0.413. The Balaban J connectivity index is 2.26. The van der Waals surface area contributed by atoms with E-state index in [1.807, 2.05) is 44.2 Å². The first-order chi connectivity index (χ1) is 8.53. The standard InChI is InChI=1S/C13H21N3O2/c1-13(2,10-16-14)9-15-12(17)18-8-11-6-4-3-5-7-11/h3-7,16H,8-10,14H2,1-2H3,(H,15,17). The predicted octanol–water partition coefficient (Wildman–Crippen LogP) is 1.40. The van der Waals surface area contributed by atoms with Crippen LogP contribution in [0.1, 0.15) is 19.4 Å². The van der Waals surface area contributed by atoms with E-state index in [0.29, 0.717) is 13.1 Å². The third-order valence-corrected chi connectivity index (χ3v) is 2.50. The number of ether oxygens (including phenoxy) is 1. The lowest BCUT2D eigenvalue weighted by atomic mass is 9.94. The number of alkyl carbamates (subject to hydrolysis) is 1. The normalized spacial score (nSPS) is 11.1. The Morgan fingerprint density at radius 1 is 1.28 bits per heavy atom. The molecule has 0 saturated carbocycles. The van der Waals surface area contributed by atoms with Gasteiger partial charge in [-0.1, -0.05) is 44.2 Å². The first-order valence-electron chi connectivity index (χ1n) is 5.91. The first kappa shape index (κ1) is 14.5. The van der Waals surface area contributed by atoms with E-state index in [2.05, 4.69) is 10.7 Å². The zero-order chi connectivity index (χ0) is 13.4. The molecule has 0 unspecified atom stereocenters. The van der Waals surface area contributed by atoms with E-state index in [0.717, 1.165) is 5.56 Å². The first-order valence-corrected chi connectivity index (χ1v) is 5.91. The van der Waals surface area contributed by atoms with Crippen molar-refractivity contribution in [2.45, 2.75) is 20.5 Å². The van der Waals surface area contributed by atoms with Crippen LogP contribution in [0.2, 0.25) is 0 Å². The van der Waals surface area contributed by atoms with Gasteiger partial charge in [0.1, 0.15) is 6.61 Å². The molecule has 0 aliphatic heterocycles. The smallest absolute Gasteiger partial charge is 0.407 e. The van der Waals surface area contributed by atoms with Gasteiger partial charge >= 0.3 is 6.09 Å². The van der Waals surface area contributed by atoms with Gasteiger partial charge in [0, 0.05) is 13.1 Å². The minimum atomic E-state index is -0.413. The molecule has 0 saturated heterocycles. The van der Waals surface area contributed by atoms with Crippen molar-refractivity contribution >= 4 is 6.09 Å². The van der Waals surface area contributed by atoms with Crippen molar-refractivity contribution in [1.82, 2.24) is 10.7 Å². The highest BCUT2D eigenvalue weighted by Crippen LogP contribution is 2.11. The largest absolute Gasteiger partial charge is 0.445 e. The second-order valence-electron chi connectivity index (χ2n) is 4.96. The lowest BCUT2D eigenvalue weighted by molar-refractivity contribution is 0.135. The molecule has 0 aliphatic carbocycles. The molecule has 0 atom stereocenters. The highest BCUT2D eigenvalue weighted by molar-refractivity contribution is 5.67. The lowest BCUT2D eigenvalue weighted by Gasteiger charge is -2.23. The number of nitrogens with two attached hydrogens (primary N) is 1. The van der Waals surface area contributed by atoms with Gasteiger partial charge < -0.3 is 10.1 Å². The van der Waals surface area contributed by atoms with Crippen molar-refractivity contribution in [1.29, 1.82) is 0 Å². The second-order valence-corrected chi connectivity index (χ2v) is 4.96. The summed E-state index contributed by atoms with van der Waals surface area (Å²) < 4.78 is 5.10. The molecule has 1 rings (SSSR count). The summed E-state index contributed by atoms with van der Waals surface area (Å²) >= 11 is 0. The number of rotatable bonds is 6. The molecule has 0 fully saturated rings. The quantitative estimate of drug-likeness (QED) is 0.527. The average molecular weight is 251 g/mol. The highest BCUT2D eigenvalue weighted by Gasteiger charge is 2.18. The highest BCUT2D eigenvalue weighted by atomic mass is 16.5. The molecule has 0 heterocycles. The van der Waals surface area contributed by atoms with E-state index >= 15 is 0 Å². The molecular formula is C13H21N3O2. The average Bonchev–Trinajstić information content (AvgIpc) is 2.35. The Morgan fingerprint density at radius 2 is 1.94 bits per heavy atom. The van der Waals surface area contributed by atoms with Crippen LogP contribution in [0.25, 0.3) is 0 Å². The molecule has 100 valence electrons. The minimum absolute atomic E-state index is 0.111. The van der Waals surface area contributed by atoms with E-state index in [4.69, 9.17) is 10.6 Å². The SMILES string of the molecule is CC(C)(CNN)CNC(=O)OCc1ccccc1. The molecule has 1 aromatic carbocycles. The van der Waals surface area contributed by atoms with E-state index in [-0.39, 0.29) is 12.0 Å². The minimum Gasteiger partial charge on any atom is -0.445 e. The summed E-state index contributed by atoms with van der Waals surface area (Å²) in [5.41, 5.74) is 3.45. The van der Waals surface area contributed by atoms with Gasteiger partial charge in [-0.3, -0.25) is 11.3 Å².